The second-order valence-electron chi connectivity index (χ2n) is 9.23. The van der Waals surface area contributed by atoms with Gasteiger partial charge in [0.1, 0.15) is 5.82 Å². The quantitative estimate of drug-likeness (QED) is 0.794. The molecule has 1 unspecified atom stereocenters. The summed E-state index contributed by atoms with van der Waals surface area (Å²) in [6.07, 6.45) is 12.2. The van der Waals surface area contributed by atoms with Gasteiger partial charge in [0.2, 0.25) is 5.91 Å². The molecule has 0 radical (unpaired) electrons. The Hall–Kier alpha value is -2.48. The molecule has 2 fully saturated rings. The zero-order valence-electron chi connectivity index (χ0n) is 18.1. The van der Waals surface area contributed by atoms with Crippen LogP contribution in [0.4, 0.5) is 0 Å². The maximum atomic E-state index is 12.8. The molecule has 1 saturated carbocycles. The summed E-state index contributed by atoms with van der Waals surface area (Å²) in [6, 6.07) is 2.50. The van der Waals surface area contributed by atoms with Gasteiger partial charge in [-0.1, -0.05) is 19.3 Å². The van der Waals surface area contributed by atoms with Gasteiger partial charge in [-0.2, -0.15) is 5.10 Å². The summed E-state index contributed by atoms with van der Waals surface area (Å²) in [6.45, 7) is 3.70. The zero-order chi connectivity index (χ0) is 21.2. The molecule has 4 heterocycles. The number of aryl methyl sites for hydroxylation is 1. The van der Waals surface area contributed by atoms with Gasteiger partial charge in [-0.25, -0.2) is 4.98 Å². The van der Waals surface area contributed by atoms with Crippen LogP contribution in [0.25, 0.3) is 0 Å². The van der Waals surface area contributed by atoms with Crippen molar-refractivity contribution in [2.24, 2.45) is 0 Å². The van der Waals surface area contributed by atoms with E-state index in [4.69, 9.17) is 4.98 Å². The normalized spacial score (nSPS) is 22.6. The summed E-state index contributed by atoms with van der Waals surface area (Å²) in [5.74, 6) is 1.01. The van der Waals surface area contributed by atoms with E-state index in [1.54, 1.807) is 10.9 Å². The predicted octanol–water partition coefficient (Wildman–Crippen LogP) is 2.06. The van der Waals surface area contributed by atoms with Gasteiger partial charge in [0.25, 0.3) is 5.56 Å². The number of hydrogen-bond acceptors (Lipinski definition) is 5. The van der Waals surface area contributed by atoms with Crippen molar-refractivity contribution in [1.82, 2.24) is 29.5 Å². The fourth-order valence-electron chi connectivity index (χ4n) is 5.44. The second-order valence-corrected chi connectivity index (χ2v) is 9.23. The van der Waals surface area contributed by atoms with E-state index in [-0.39, 0.29) is 17.4 Å². The SMILES string of the molecule is O=C(CCn1cccn1)N1CCC(c2nc3c(c(=O)[nH]2)CCN(C2CCCCC2)C3)C1. The molecule has 2 aliphatic heterocycles. The summed E-state index contributed by atoms with van der Waals surface area (Å²) in [5, 5.41) is 4.16. The average Bonchev–Trinajstić information content (AvgIpc) is 3.50. The molecule has 166 valence electrons. The highest BCUT2D eigenvalue weighted by Crippen LogP contribution is 2.28. The first-order chi connectivity index (χ1) is 15.2. The van der Waals surface area contributed by atoms with Gasteiger partial charge >= 0.3 is 0 Å². The van der Waals surface area contributed by atoms with Gasteiger partial charge < -0.3 is 9.88 Å². The van der Waals surface area contributed by atoms with Crippen LogP contribution in [-0.4, -0.2) is 61.1 Å². The Morgan fingerprint density at radius 2 is 2.03 bits per heavy atom. The van der Waals surface area contributed by atoms with E-state index >= 15 is 0 Å². The maximum absolute atomic E-state index is 12.8. The van der Waals surface area contributed by atoms with Crippen LogP contribution in [0.2, 0.25) is 0 Å². The standard InChI is InChI=1S/C23H32N6O2/c30-21(9-14-29-11-4-10-24-29)28-12-7-17(15-28)22-25-20-16-27(18-5-2-1-3-6-18)13-8-19(20)23(31)26-22/h4,10-11,17-18H,1-3,5-9,12-16H2,(H,25,26,31). The molecule has 2 aromatic heterocycles. The highest BCUT2D eigenvalue weighted by molar-refractivity contribution is 5.76. The Labute approximate surface area is 182 Å². The number of carbonyl (C=O) groups excluding carboxylic acids is 1. The maximum Gasteiger partial charge on any atom is 0.254 e. The first-order valence-electron chi connectivity index (χ1n) is 11.8. The Morgan fingerprint density at radius 1 is 1.16 bits per heavy atom. The minimum atomic E-state index is 0.0201. The second kappa shape index (κ2) is 8.94. The Balaban J connectivity index is 1.24. The van der Waals surface area contributed by atoms with Crippen LogP contribution in [-0.2, 0) is 24.3 Å². The summed E-state index contributed by atoms with van der Waals surface area (Å²) in [7, 11) is 0. The lowest BCUT2D eigenvalue weighted by molar-refractivity contribution is -0.130. The molecule has 0 aromatic carbocycles. The number of aromatic amines is 1. The molecule has 1 atom stereocenters. The third-order valence-electron chi connectivity index (χ3n) is 7.25. The summed E-state index contributed by atoms with van der Waals surface area (Å²) in [4.78, 5) is 37.8. The number of likely N-dealkylation sites (tertiary alicyclic amines) is 1. The number of fused-ring (bicyclic) bond motifs is 1. The van der Waals surface area contributed by atoms with E-state index in [0.29, 0.717) is 25.6 Å². The molecule has 1 aliphatic carbocycles. The third kappa shape index (κ3) is 4.44. The smallest absolute Gasteiger partial charge is 0.254 e. The van der Waals surface area contributed by atoms with Crippen molar-refractivity contribution >= 4 is 5.91 Å². The molecule has 1 N–H and O–H groups in total. The predicted molar refractivity (Wildman–Crippen MR) is 117 cm³/mol. The van der Waals surface area contributed by atoms with Crippen LogP contribution in [0.1, 0.15) is 67.9 Å². The summed E-state index contributed by atoms with van der Waals surface area (Å²) < 4.78 is 1.78. The molecule has 0 spiro atoms. The van der Waals surface area contributed by atoms with Crippen molar-refractivity contribution in [3.05, 3.63) is 45.9 Å². The first-order valence-corrected chi connectivity index (χ1v) is 11.8. The molecule has 5 rings (SSSR count). The molecule has 3 aliphatic rings. The van der Waals surface area contributed by atoms with Crippen LogP contribution >= 0.6 is 0 Å². The van der Waals surface area contributed by atoms with E-state index in [2.05, 4.69) is 15.0 Å². The summed E-state index contributed by atoms with van der Waals surface area (Å²) in [5.41, 5.74) is 1.84. The Kier molecular flexibility index (Phi) is 5.89. The lowest BCUT2D eigenvalue weighted by atomic mass is 9.92. The van der Waals surface area contributed by atoms with E-state index in [0.717, 1.165) is 49.6 Å². The van der Waals surface area contributed by atoms with E-state index < -0.39 is 0 Å². The van der Waals surface area contributed by atoms with E-state index in [9.17, 15) is 9.59 Å². The lowest BCUT2D eigenvalue weighted by Crippen LogP contribution is -2.42. The van der Waals surface area contributed by atoms with Gasteiger partial charge in [-0.3, -0.25) is 19.2 Å². The molecular formula is C23H32N6O2. The van der Waals surface area contributed by atoms with Crippen molar-refractivity contribution in [1.29, 1.82) is 0 Å². The fraction of sp³-hybridized carbons (Fsp3) is 0.652. The highest BCUT2D eigenvalue weighted by atomic mass is 16.2. The van der Waals surface area contributed by atoms with Crippen LogP contribution in [0, 0.1) is 0 Å². The van der Waals surface area contributed by atoms with Crippen molar-refractivity contribution in [2.75, 3.05) is 19.6 Å². The Bertz CT molecular complexity index is 963. The number of nitrogens with zero attached hydrogens (tertiary/aromatic N) is 5. The van der Waals surface area contributed by atoms with Crippen molar-refractivity contribution < 1.29 is 4.79 Å². The molecule has 8 nitrogen and oxygen atoms in total. The van der Waals surface area contributed by atoms with Gasteiger partial charge in [-0.15, -0.1) is 0 Å². The third-order valence-corrected chi connectivity index (χ3v) is 7.25. The zero-order valence-corrected chi connectivity index (χ0v) is 18.1. The molecule has 8 heteroatoms. The van der Waals surface area contributed by atoms with E-state index in [1.165, 1.54) is 32.1 Å². The fourth-order valence-corrected chi connectivity index (χ4v) is 5.44. The molecule has 2 aromatic rings. The number of aromatic nitrogens is 4. The van der Waals surface area contributed by atoms with E-state index in [1.807, 2.05) is 17.2 Å². The molecule has 1 amide bonds. The first kappa shape index (κ1) is 20.4. The van der Waals surface area contributed by atoms with Crippen LogP contribution < -0.4 is 5.56 Å². The van der Waals surface area contributed by atoms with Crippen LogP contribution in [0.3, 0.4) is 0 Å². The van der Waals surface area contributed by atoms with Crippen molar-refractivity contribution in [3.63, 3.8) is 0 Å². The summed E-state index contributed by atoms with van der Waals surface area (Å²) >= 11 is 0. The van der Waals surface area contributed by atoms with Crippen molar-refractivity contribution in [2.45, 2.75) is 76.4 Å². The van der Waals surface area contributed by atoms with Gasteiger partial charge in [0.05, 0.1) is 5.69 Å². The van der Waals surface area contributed by atoms with Gasteiger partial charge in [0, 0.05) is 69.1 Å². The number of amides is 1. The lowest BCUT2D eigenvalue weighted by Gasteiger charge is -2.37. The Morgan fingerprint density at radius 3 is 2.84 bits per heavy atom. The molecule has 1 saturated heterocycles. The van der Waals surface area contributed by atoms with Crippen LogP contribution in [0.5, 0.6) is 0 Å². The number of rotatable bonds is 5. The minimum Gasteiger partial charge on any atom is -0.342 e. The largest absolute Gasteiger partial charge is 0.342 e. The molecule has 0 bridgehead atoms. The monoisotopic (exact) mass is 424 g/mol. The number of carbonyl (C=O) groups is 1. The van der Waals surface area contributed by atoms with Gasteiger partial charge in [0.15, 0.2) is 0 Å². The average molecular weight is 425 g/mol. The van der Waals surface area contributed by atoms with Gasteiger partial charge in [-0.05, 0) is 31.7 Å². The minimum absolute atomic E-state index is 0.0201. The molecular weight excluding hydrogens is 392 g/mol. The van der Waals surface area contributed by atoms with Crippen LogP contribution in [0.15, 0.2) is 23.3 Å². The number of nitrogens with one attached hydrogen (secondary N) is 1. The highest BCUT2D eigenvalue weighted by Gasteiger charge is 2.31. The topological polar surface area (TPSA) is 87.1 Å². The number of hydrogen-bond donors (Lipinski definition) is 1. The van der Waals surface area contributed by atoms with Crippen molar-refractivity contribution in [3.8, 4) is 0 Å². The number of H-pyrrole nitrogens is 1. The molecule has 31 heavy (non-hydrogen) atoms.